The highest BCUT2D eigenvalue weighted by Crippen LogP contribution is 2.46. The van der Waals surface area contributed by atoms with Gasteiger partial charge in [0.1, 0.15) is 17.1 Å². The van der Waals surface area contributed by atoms with Crippen molar-refractivity contribution in [2.45, 2.75) is 32.3 Å². The Kier molecular flexibility index (Phi) is 4.45. The zero-order valence-corrected chi connectivity index (χ0v) is 15.6. The zero-order valence-electron chi connectivity index (χ0n) is 14.8. The maximum atomic E-state index is 12.6. The molecule has 6 heteroatoms. The lowest BCUT2D eigenvalue weighted by Gasteiger charge is -2.25. The van der Waals surface area contributed by atoms with Crippen LogP contribution in [0, 0.1) is 0 Å². The van der Waals surface area contributed by atoms with Gasteiger partial charge in [-0.3, -0.25) is 4.90 Å². The molecule has 1 N–H and O–H groups in total. The molecule has 2 aromatic carbocycles. The van der Waals surface area contributed by atoms with Gasteiger partial charge in [-0.05, 0) is 49.9 Å². The summed E-state index contributed by atoms with van der Waals surface area (Å²) in [4.78, 5) is 14.2. The third-order valence-electron chi connectivity index (χ3n) is 4.24. The number of halogens is 1. The number of benzene rings is 2. The van der Waals surface area contributed by atoms with E-state index in [0.29, 0.717) is 29.2 Å². The molecule has 134 valence electrons. The number of carbonyl (C=O) groups is 1. The smallest absolute Gasteiger partial charge is 0.414 e. The van der Waals surface area contributed by atoms with Gasteiger partial charge in [0.25, 0.3) is 0 Å². The van der Waals surface area contributed by atoms with Crippen molar-refractivity contribution in [2.24, 2.45) is 0 Å². The third kappa shape index (κ3) is 3.21. The van der Waals surface area contributed by atoms with Crippen LogP contribution in [0.2, 0.25) is 0 Å². The summed E-state index contributed by atoms with van der Waals surface area (Å²) >= 11 is 6.18. The predicted molar refractivity (Wildman–Crippen MR) is 99.2 cm³/mol. The number of carbonyl (C=O) groups excluding carboxylic acids is 1. The molecular weight excluding hydrogens is 342 g/mol. The average Bonchev–Trinajstić information content (AvgIpc) is 2.91. The first-order valence-electron chi connectivity index (χ1n) is 8.15. The van der Waals surface area contributed by atoms with Gasteiger partial charge in [-0.2, -0.15) is 0 Å². The van der Waals surface area contributed by atoms with Crippen LogP contribution in [-0.2, 0) is 4.74 Å². The maximum absolute atomic E-state index is 12.6. The molecule has 0 aromatic heterocycles. The summed E-state index contributed by atoms with van der Waals surface area (Å²) in [6.07, 6.45) is -0.442. The number of rotatable bonds is 2. The van der Waals surface area contributed by atoms with Crippen LogP contribution in [0.4, 0.5) is 10.5 Å². The van der Waals surface area contributed by atoms with Gasteiger partial charge in [0.05, 0.1) is 12.8 Å². The van der Waals surface area contributed by atoms with Gasteiger partial charge in [0.2, 0.25) is 0 Å². The Labute approximate surface area is 152 Å². The quantitative estimate of drug-likeness (QED) is 0.790. The molecule has 0 aliphatic carbocycles. The first-order chi connectivity index (χ1) is 11.7. The number of methoxy groups -OCH3 is 1. The molecule has 5 nitrogen and oxygen atoms in total. The topological polar surface area (TPSA) is 59.0 Å². The second-order valence-corrected chi connectivity index (χ2v) is 7.49. The largest absolute Gasteiger partial charge is 0.507 e. The van der Waals surface area contributed by atoms with Crippen molar-refractivity contribution in [2.75, 3.05) is 24.4 Å². The number of alkyl halides is 1. The predicted octanol–water partition coefficient (Wildman–Crippen LogP) is 4.63. The van der Waals surface area contributed by atoms with Crippen molar-refractivity contribution >= 4 is 34.2 Å². The van der Waals surface area contributed by atoms with Crippen LogP contribution < -0.4 is 9.64 Å². The van der Waals surface area contributed by atoms with Crippen molar-refractivity contribution in [1.82, 2.24) is 0 Å². The van der Waals surface area contributed by atoms with Crippen LogP contribution in [0.5, 0.6) is 11.5 Å². The first-order valence-corrected chi connectivity index (χ1v) is 8.68. The van der Waals surface area contributed by atoms with Crippen molar-refractivity contribution in [1.29, 1.82) is 0 Å². The number of aromatic hydroxyl groups is 1. The Hall–Kier alpha value is -2.14. The van der Waals surface area contributed by atoms with E-state index in [1.807, 2.05) is 32.9 Å². The molecule has 2 aromatic rings. The first kappa shape index (κ1) is 17.7. The Morgan fingerprint density at radius 3 is 2.64 bits per heavy atom. The van der Waals surface area contributed by atoms with E-state index < -0.39 is 11.7 Å². The minimum Gasteiger partial charge on any atom is -0.507 e. The van der Waals surface area contributed by atoms with Crippen LogP contribution in [0.25, 0.3) is 10.8 Å². The molecule has 1 heterocycles. The van der Waals surface area contributed by atoms with Crippen LogP contribution in [0.3, 0.4) is 0 Å². The average molecular weight is 364 g/mol. The molecule has 1 aliphatic heterocycles. The molecule has 1 atom stereocenters. The Bertz CT molecular complexity index is 828. The Balaban J connectivity index is 2.16. The Morgan fingerprint density at radius 2 is 2.04 bits per heavy atom. The van der Waals surface area contributed by atoms with Gasteiger partial charge in [-0.25, -0.2) is 4.79 Å². The van der Waals surface area contributed by atoms with Crippen LogP contribution >= 0.6 is 11.6 Å². The van der Waals surface area contributed by atoms with E-state index >= 15 is 0 Å². The number of fused-ring (bicyclic) bond motifs is 3. The fourth-order valence-corrected chi connectivity index (χ4v) is 3.45. The number of phenols is 1. The summed E-state index contributed by atoms with van der Waals surface area (Å²) in [5.41, 5.74) is 0.976. The molecule has 0 saturated heterocycles. The van der Waals surface area contributed by atoms with Gasteiger partial charge in [-0.15, -0.1) is 11.6 Å². The highest BCUT2D eigenvalue weighted by atomic mass is 35.5. The minimum absolute atomic E-state index is 0.0422. The zero-order chi connectivity index (χ0) is 18.4. The number of nitrogens with zero attached hydrogens (tertiary/aromatic N) is 1. The summed E-state index contributed by atoms with van der Waals surface area (Å²) in [5, 5.41) is 12.0. The van der Waals surface area contributed by atoms with Crippen LogP contribution in [0.15, 0.2) is 24.3 Å². The van der Waals surface area contributed by atoms with Crippen molar-refractivity contribution in [3.05, 3.63) is 29.8 Å². The fraction of sp³-hybridized carbons (Fsp3) is 0.421. The van der Waals surface area contributed by atoms with E-state index in [-0.39, 0.29) is 11.7 Å². The lowest BCUT2D eigenvalue weighted by atomic mass is 9.95. The standard InChI is InChI=1S/C19H22ClNO4/c1-19(2,3)25-18(23)21-10-11(9-20)17-14-7-12(24-4)5-6-13(14)16(22)8-15(17)21/h5-8,11,22H,9-10H2,1-4H3/t11-/m1/s1. The SMILES string of the molecule is COc1ccc2c(O)cc3c(c2c1)[C@H](CCl)CN3C(=O)OC(C)(C)C. The second-order valence-electron chi connectivity index (χ2n) is 7.18. The van der Waals surface area contributed by atoms with Crippen LogP contribution in [-0.4, -0.2) is 36.3 Å². The molecular formula is C19H22ClNO4. The highest BCUT2D eigenvalue weighted by molar-refractivity contribution is 6.19. The molecule has 3 rings (SSSR count). The summed E-state index contributed by atoms with van der Waals surface area (Å²) in [5.74, 6) is 1.12. The highest BCUT2D eigenvalue weighted by Gasteiger charge is 2.36. The van der Waals surface area contributed by atoms with E-state index in [1.165, 1.54) is 0 Å². The summed E-state index contributed by atoms with van der Waals surface area (Å²) in [7, 11) is 1.59. The van der Waals surface area contributed by atoms with Crippen molar-refractivity contribution in [3.8, 4) is 11.5 Å². The van der Waals surface area contributed by atoms with Gasteiger partial charge < -0.3 is 14.6 Å². The number of phenolic OH excluding ortho intramolecular Hbond substituents is 1. The van der Waals surface area contributed by atoms with Crippen molar-refractivity contribution < 1.29 is 19.4 Å². The maximum Gasteiger partial charge on any atom is 0.414 e. The molecule has 1 aliphatic rings. The minimum atomic E-state index is -0.599. The van der Waals surface area contributed by atoms with E-state index in [2.05, 4.69) is 0 Å². The van der Waals surface area contributed by atoms with E-state index in [9.17, 15) is 9.90 Å². The van der Waals surface area contributed by atoms with Gasteiger partial charge >= 0.3 is 6.09 Å². The second kappa shape index (κ2) is 6.30. The van der Waals surface area contributed by atoms with Gasteiger partial charge in [0, 0.05) is 29.8 Å². The lowest BCUT2D eigenvalue weighted by molar-refractivity contribution is 0.0582. The van der Waals surface area contributed by atoms with Crippen LogP contribution in [0.1, 0.15) is 32.3 Å². The normalized spacial score (nSPS) is 16.8. The number of amides is 1. The van der Waals surface area contributed by atoms with Crippen molar-refractivity contribution in [3.63, 3.8) is 0 Å². The molecule has 0 spiro atoms. The van der Waals surface area contributed by atoms with E-state index in [0.717, 1.165) is 10.9 Å². The number of hydrogen-bond acceptors (Lipinski definition) is 4. The summed E-state index contributed by atoms with van der Waals surface area (Å²) in [6, 6.07) is 7.09. The molecule has 1 amide bonds. The lowest BCUT2D eigenvalue weighted by Crippen LogP contribution is -2.36. The Morgan fingerprint density at radius 1 is 1.32 bits per heavy atom. The molecule has 0 radical (unpaired) electrons. The number of hydrogen-bond donors (Lipinski definition) is 1. The monoisotopic (exact) mass is 363 g/mol. The number of anilines is 1. The number of ether oxygens (including phenoxy) is 2. The molecule has 0 saturated carbocycles. The van der Waals surface area contributed by atoms with E-state index in [1.54, 1.807) is 24.1 Å². The molecule has 0 fully saturated rings. The summed E-state index contributed by atoms with van der Waals surface area (Å²) in [6.45, 7) is 5.89. The molecule has 25 heavy (non-hydrogen) atoms. The fourth-order valence-electron chi connectivity index (χ4n) is 3.20. The van der Waals surface area contributed by atoms with Gasteiger partial charge in [0.15, 0.2) is 0 Å². The van der Waals surface area contributed by atoms with Gasteiger partial charge in [-0.1, -0.05) is 0 Å². The summed E-state index contributed by atoms with van der Waals surface area (Å²) < 4.78 is 10.8. The van der Waals surface area contributed by atoms with E-state index in [4.69, 9.17) is 21.1 Å². The molecule has 0 unspecified atom stereocenters. The molecule has 0 bridgehead atoms. The third-order valence-corrected chi connectivity index (χ3v) is 4.62.